The molecule has 0 amide bonds. The van der Waals surface area contributed by atoms with Gasteiger partial charge in [-0.3, -0.25) is 0 Å². The van der Waals surface area contributed by atoms with Gasteiger partial charge in [0.1, 0.15) is 17.6 Å². The maximum Gasteiger partial charge on any atom is 0.213 e. The summed E-state index contributed by atoms with van der Waals surface area (Å²) in [5.41, 5.74) is 3.29. The Hall–Kier alpha value is -3.09. The van der Waals surface area contributed by atoms with Crippen molar-refractivity contribution in [2.75, 3.05) is 38.3 Å². The number of hydrogen-bond donors (Lipinski definition) is 1. The lowest BCUT2D eigenvalue weighted by molar-refractivity contribution is 0.201. The molecule has 0 spiro atoms. The van der Waals surface area contributed by atoms with Gasteiger partial charge in [-0.1, -0.05) is 24.3 Å². The Bertz CT molecular complexity index is 996. The Labute approximate surface area is 189 Å². The number of pyridine rings is 1. The molecule has 2 aromatic carbocycles. The van der Waals surface area contributed by atoms with Crippen molar-refractivity contribution in [3.05, 3.63) is 78.0 Å². The average molecular weight is 435 g/mol. The van der Waals surface area contributed by atoms with E-state index in [2.05, 4.69) is 22.0 Å². The highest BCUT2D eigenvalue weighted by atomic mass is 16.5. The summed E-state index contributed by atoms with van der Waals surface area (Å²) in [6, 6.07) is 19.8. The van der Waals surface area contributed by atoms with Crippen molar-refractivity contribution in [3.8, 4) is 17.4 Å². The molecule has 1 fully saturated rings. The monoisotopic (exact) mass is 434 g/mol. The quantitative estimate of drug-likeness (QED) is 0.515. The molecule has 0 saturated carbocycles. The maximum absolute atomic E-state index is 9.65. The number of anilines is 1. The van der Waals surface area contributed by atoms with Gasteiger partial charge >= 0.3 is 0 Å². The van der Waals surface area contributed by atoms with Crippen LogP contribution in [0.3, 0.4) is 0 Å². The van der Waals surface area contributed by atoms with E-state index in [1.165, 1.54) is 0 Å². The van der Waals surface area contributed by atoms with E-state index in [4.69, 9.17) is 14.2 Å². The third kappa shape index (κ3) is 5.58. The van der Waals surface area contributed by atoms with Gasteiger partial charge < -0.3 is 24.2 Å². The predicted octanol–water partition coefficient (Wildman–Crippen LogP) is 4.26. The molecule has 1 aliphatic rings. The van der Waals surface area contributed by atoms with Crippen LogP contribution in [0.15, 0.2) is 66.9 Å². The molecular formula is C26H30N2O4. The number of para-hydroxylation sites is 1. The molecule has 0 unspecified atom stereocenters. The molecular weight excluding hydrogens is 404 g/mol. The Morgan fingerprint density at radius 3 is 2.72 bits per heavy atom. The molecule has 0 radical (unpaired) electrons. The Balaban J connectivity index is 1.48. The van der Waals surface area contributed by atoms with Gasteiger partial charge in [-0.25, -0.2) is 4.98 Å². The van der Waals surface area contributed by atoms with Gasteiger partial charge in [0.25, 0.3) is 0 Å². The van der Waals surface area contributed by atoms with Crippen LogP contribution in [0.25, 0.3) is 0 Å². The summed E-state index contributed by atoms with van der Waals surface area (Å²) in [5, 5.41) is 9.65. The molecule has 2 heterocycles. The summed E-state index contributed by atoms with van der Waals surface area (Å²) in [4.78, 5) is 6.58. The Kier molecular flexibility index (Phi) is 7.59. The van der Waals surface area contributed by atoms with Gasteiger partial charge in [0.15, 0.2) is 0 Å². The molecule has 1 N–H and O–H groups in total. The second-order valence-electron chi connectivity index (χ2n) is 7.86. The summed E-state index contributed by atoms with van der Waals surface area (Å²) >= 11 is 0. The van der Waals surface area contributed by atoms with Crippen LogP contribution in [-0.4, -0.2) is 49.6 Å². The first-order chi connectivity index (χ1) is 15.8. The van der Waals surface area contributed by atoms with E-state index in [1.807, 2.05) is 48.5 Å². The van der Waals surface area contributed by atoms with Crippen molar-refractivity contribution < 1.29 is 19.3 Å². The number of aromatic nitrogens is 1. The van der Waals surface area contributed by atoms with Crippen LogP contribution < -0.4 is 14.4 Å². The van der Waals surface area contributed by atoms with Crippen LogP contribution >= 0.6 is 0 Å². The molecule has 168 valence electrons. The SMILES string of the molecule is COCCc1ccccc1Oc1ccc(N2CC[C@H](Oc3ccccn3)C2)c(CCO)c1. The van der Waals surface area contributed by atoms with Gasteiger partial charge in [0, 0.05) is 44.6 Å². The second kappa shape index (κ2) is 11.0. The molecule has 3 aromatic rings. The minimum Gasteiger partial charge on any atom is -0.472 e. The van der Waals surface area contributed by atoms with Crippen LogP contribution in [0.5, 0.6) is 17.4 Å². The van der Waals surface area contributed by atoms with E-state index in [0.29, 0.717) is 18.9 Å². The minimum atomic E-state index is 0.0859. The highest BCUT2D eigenvalue weighted by Crippen LogP contribution is 2.32. The number of aliphatic hydroxyl groups is 1. The van der Waals surface area contributed by atoms with Crippen LogP contribution in [0.4, 0.5) is 5.69 Å². The zero-order chi connectivity index (χ0) is 22.2. The van der Waals surface area contributed by atoms with Crippen molar-refractivity contribution in [1.29, 1.82) is 0 Å². The maximum atomic E-state index is 9.65. The topological polar surface area (TPSA) is 64.1 Å². The molecule has 1 aromatic heterocycles. The third-order valence-corrected chi connectivity index (χ3v) is 5.62. The molecule has 32 heavy (non-hydrogen) atoms. The normalized spacial score (nSPS) is 15.7. The van der Waals surface area contributed by atoms with Gasteiger partial charge in [-0.05, 0) is 54.3 Å². The molecule has 1 saturated heterocycles. The van der Waals surface area contributed by atoms with Crippen molar-refractivity contribution in [3.63, 3.8) is 0 Å². The van der Waals surface area contributed by atoms with Crippen LogP contribution in [0.2, 0.25) is 0 Å². The average Bonchev–Trinajstić information content (AvgIpc) is 3.28. The summed E-state index contributed by atoms with van der Waals surface area (Å²) in [7, 11) is 1.70. The zero-order valence-electron chi connectivity index (χ0n) is 18.4. The molecule has 6 heteroatoms. The second-order valence-corrected chi connectivity index (χ2v) is 7.86. The highest BCUT2D eigenvalue weighted by Gasteiger charge is 2.26. The van der Waals surface area contributed by atoms with E-state index in [-0.39, 0.29) is 12.7 Å². The van der Waals surface area contributed by atoms with Gasteiger partial charge in [-0.2, -0.15) is 0 Å². The van der Waals surface area contributed by atoms with E-state index in [1.54, 1.807) is 13.3 Å². The van der Waals surface area contributed by atoms with Crippen LogP contribution in [0, 0.1) is 0 Å². The zero-order valence-corrected chi connectivity index (χ0v) is 18.4. The Morgan fingerprint density at radius 1 is 1.03 bits per heavy atom. The van der Waals surface area contributed by atoms with Gasteiger partial charge in [0.2, 0.25) is 5.88 Å². The molecule has 6 nitrogen and oxygen atoms in total. The summed E-state index contributed by atoms with van der Waals surface area (Å²) in [5.74, 6) is 2.26. The predicted molar refractivity (Wildman–Crippen MR) is 125 cm³/mol. The lowest BCUT2D eigenvalue weighted by Gasteiger charge is -2.23. The minimum absolute atomic E-state index is 0.0859. The Morgan fingerprint density at radius 2 is 1.91 bits per heavy atom. The molecule has 1 atom stereocenters. The smallest absolute Gasteiger partial charge is 0.213 e. The van der Waals surface area contributed by atoms with E-state index < -0.39 is 0 Å². The lowest BCUT2D eigenvalue weighted by Crippen LogP contribution is -2.25. The van der Waals surface area contributed by atoms with Crippen molar-refractivity contribution in [2.24, 2.45) is 0 Å². The van der Waals surface area contributed by atoms with E-state index in [9.17, 15) is 5.11 Å². The number of methoxy groups -OCH3 is 1. The first-order valence-corrected chi connectivity index (χ1v) is 11.1. The summed E-state index contributed by atoms with van der Waals surface area (Å²) in [6.45, 7) is 2.42. The van der Waals surface area contributed by atoms with Crippen molar-refractivity contribution in [1.82, 2.24) is 4.98 Å². The number of benzene rings is 2. The standard InChI is InChI=1S/C26H30N2O4/c1-30-17-13-20-6-2-3-7-25(20)31-22-9-10-24(21(18-22)12-16-29)28-15-11-23(19-28)32-26-8-4-5-14-27-26/h2-10,14,18,23,29H,11-13,15-17,19H2,1H3/t23-/m0/s1. The fourth-order valence-corrected chi connectivity index (χ4v) is 4.03. The number of nitrogens with zero attached hydrogens (tertiary/aromatic N) is 2. The number of aliphatic hydroxyl groups excluding tert-OH is 1. The van der Waals surface area contributed by atoms with E-state index >= 15 is 0 Å². The molecule has 0 aliphatic carbocycles. The molecule has 0 bridgehead atoms. The van der Waals surface area contributed by atoms with Gasteiger partial charge in [0.05, 0.1) is 13.2 Å². The van der Waals surface area contributed by atoms with Crippen molar-refractivity contribution >= 4 is 5.69 Å². The fraction of sp³-hybridized carbons (Fsp3) is 0.346. The third-order valence-electron chi connectivity index (χ3n) is 5.62. The summed E-state index contributed by atoms with van der Waals surface area (Å²) in [6.07, 6.45) is 4.13. The highest BCUT2D eigenvalue weighted by molar-refractivity contribution is 5.58. The largest absolute Gasteiger partial charge is 0.472 e. The van der Waals surface area contributed by atoms with Gasteiger partial charge in [-0.15, -0.1) is 0 Å². The van der Waals surface area contributed by atoms with Crippen LogP contribution in [0.1, 0.15) is 17.5 Å². The number of hydrogen-bond acceptors (Lipinski definition) is 6. The first-order valence-electron chi connectivity index (χ1n) is 11.1. The number of ether oxygens (including phenoxy) is 3. The number of rotatable bonds is 10. The van der Waals surface area contributed by atoms with Crippen molar-refractivity contribution in [2.45, 2.75) is 25.4 Å². The van der Waals surface area contributed by atoms with Crippen LogP contribution in [-0.2, 0) is 17.6 Å². The van der Waals surface area contributed by atoms with E-state index in [0.717, 1.165) is 54.2 Å². The molecule has 4 rings (SSSR count). The lowest BCUT2D eigenvalue weighted by atomic mass is 10.1. The summed E-state index contributed by atoms with van der Waals surface area (Å²) < 4.78 is 17.5. The molecule has 1 aliphatic heterocycles. The fourth-order valence-electron chi connectivity index (χ4n) is 4.03. The first kappa shape index (κ1) is 22.1.